The van der Waals surface area contributed by atoms with Crippen molar-refractivity contribution in [2.45, 2.75) is 63.8 Å². The van der Waals surface area contributed by atoms with Crippen LogP contribution in [0.3, 0.4) is 0 Å². The maximum atomic E-state index is 12.7. The summed E-state index contributed by atoms with van der Waals surface area (Å²) in [4.78, 5) is 12.8. The molecule has 1 fully saturated rings. The molecule has 1 amide bonds. The fourth-order valence-electron chi connectivity index (χ4n) is 3.12. The van der Waals surface area contributed by atoms with Gasteiger partial charge in [-0.3, -0.25) is 4.79 Å². The Labute approximate surface area is 165 Å². The van der Waals surface area contributed by atoms with E-state index < -0.39 is 10.0 Å². The van der Waals surface area contributed by atoms with Crippen LogP contribution in [0.15, 0.2) is 27.6 Å². The summed E-state index contributed by atoms with van der Waals surface area (Å²) in [5, 5.41) is 2.98. The van der Waals surface area contributed by atoms with Crippen LogP contribution in [0.5, 0.6) is 0 Å². The van der Waals surface area contributed by atoms with Crippen molar-refractivity contribution in [3.05, 3.63) is 28.2 Å². The van der Waals surface area contributed by atoms with Gasteiger partial charge in [-0.05, 0) is 66.2 Å². The molecule has 0 bridgehead atoms. The lowest BCUT2D eigenvalue weighted by Gasteiger charge is -2.18. The number of halogens is 1. The minimum atomic E-state index is -3.53. The highest BCUT2D eigenvalue weighted by Crippen LogP contribution is 2.25. The molecule has 1 aromatic rings. The second-order valence-corrected chi connectivity index (χ2v) is 10.2. The van der Waals surface area contributed by atoms with Gasteiger partial charge in [0, 0.05) is 23.6 Å². The van der Waals surface area contributed by atoms with Crippen molar-refractivity contribution in [3.8, 4) is 0 Å². The summed E-state index contributed by atoms with van der Waals surface area (Å²) in [5.74, 6) is 0.409. The lowest BCUT2D eigenvalue weighted by atomic mass is 10.0. The third-order valence-corrected chi connectivity index (χ3v) is 7.27. The van der Waals surface area contributed by atoms with E-state index in [9.17, 15) is 13.2 Å². The van der Waals surface area contributed by atoms with Crippen LogP contribution in [-0.4, -0.2) is 37.8 Å². The highest BCUT2D eigenvalue weighted by Gasteiger charge is 2.28. The average Bonchev–Trinajstić information content (AvgIpc) is 3.09. The number of amides is 1. The number of rotatable bonds is 8. The molecule has 0 spiro atoms. The quantitative estimate of drug-likeness (QED) is 0.653. The third-order valence-electron chi connectivity index (χ3n) is 4.68. The van der Waals surface area contributed by atoms with Gasteiger partial charge in [-0.25, -0.2) is 8.42 Å². The topological polar surface area (TPSA) is 66.5 Å². The first kappa shape index (κ1) is 21.4. The van der Waals surface area contributed by atoms with Crippen LogP contribution in [0.4, 0.5) is 0 Å². The van der Waals surface area contributed by atoms with Crippen LogP contribution >= 0.6 is 15.9 Å². The molecule has 1 N–H and O–H groups in total. The molecular weight excluding hydrogens is 416 g/mol. The van der Waals surface area contributed by atoms with Crippen LogP contribution in [0, 0.1) is 5.92 Å². The van der Waals surface area contributed by atoms with Crippen LogP contribution in [0.1, 0.15) is 63.2 Å². The number of nitrogens with zero attached hydrogens (tertiary/aromatic N) is 1. The van der Waals surface area contributed by atoms with Crippen molar-refractivity contribution in [3.63, 3.8) is 0 Å². The fraction of sp³-hybridized carbons (Fsp3) is 0.632. The molecular formula is C19H29BrN2O3S. The van der Waals surface area contributed by atoms with Crippen LogP contribution < -0.4 is 5.32 Å². The Kier molecular flexibility index (Phi) is 7.67. The van der Waals surface area contributed by atoms with Gasteiger partial charge in [-0.2, -0.15) is 4.31 Å². The van der Waals surface area contributed by atoms with Gasteiger partial charge < -0.3 is 5.32 Å². The number of hydrogen-bond donors (Lipinski definition) is 1. The molecule has 146 valence electrons. The van der Waals surface area contributed by atoms with E-state index in [0.29, 0.717) is 29.0 Å². The Morgan fingerprint density at radius 1 is 1.19 bits per heavy atom. The van der Waals surface area contributed by atoms with E-state index in [-0.39, 0.29) is 16.8 Å². The molecule has 0 aliphatic carbocycles. The van der Waals surface area contributed by atoms with Crippen molar-refractivity contribution in [1.29, 1.82) is 0 Å². The summed E-state index contributed by atoms with van der Waals surface area (Å²) < 4.78 is 27.5. The zero-order valence-electron chi connectivity index (χ0n) is 15.8. The molecule has 1 unspecified atom stereocenters. The number of carbonyl (C=O) groups excluding carboxylic acids is 1. The summed E-state index contributed by atoms with van der Waals surface area (Å²) in [6.45, 7) is 7.45. The zero-order valence-corrected chi connectivity index (χ0v) is 18.2. The van der Waals surface area contributed by atoms with Crippen LogP contribution in [-0.2, 0) is 10.0 Å². The first-order valence-corrected chi connectivity index (χ1v) is 11.6. The van der Waals surface area contributed by atoms with Gasteiger partial charge >= 0.3 is 0 Å². The van der Waals surface area contributed by atoms with E-state index in [1.807, 2.05) is 6.92 Å². The molecule has 1 heterocycles. The van der Waals surface area contributed by atoms with E-state index in [1.54, 1.807) is 12.1 Å². The second-order valence-electron chi connectivity index (χ2n) is 7.45. The van der Waals surface area contributed by atoms with Gasteiger partial charge in [0.2, 0.25) is 10.0 Å². The molecule has 1 aliphatic rings. The first-order valence-electron chi connectivity index (χ1n) is 9.32. The van der Waals surface area contributed by atoms with Gasteiger partial charge in [0.15, 0.2) is 0 Å². The standard InChI is InChI=1S/C19H29BrN2O3S/c1-14(2)7-6-8-15(3)21-19(23)17-13-16(9-10-18(17)20)26(24,25)22-11-4-5-12-22/h9-10,13-15H,4-8,11-12H2,1-3H3,(H,21,23). The number of nitrogens with one attached hydrogen (secondary N) is 1. The van der Waals surface area contributed by atoms with Crippen molar-refractivity contribution >= 4 is 31.9 Å². The molecule has 1 aliphatic heterocycles. The monoisotopic (exact) mass is 444 g/mol. The summed E-state index contributed by atoms with van der Waals surface area (Å²) >= 11 is 3.37. The number of benzene rings is 1. The Hall–Kier alpha value is -0.920. The molecule has 26 heavy (non-hydrogen) atoms. The molecule has 7 heteroatoms. The molecule has 2 rings (SSSR count). The minimum Gasteiger partial charge on any atom is -0.350 e. The molecule has 0 radical (unpaired) electrons. The maximum absolute atomic E-state index is 12.7. The summed E-state index contributed by atoms with van der Waals surface area (Å²) in [5.41, 5.74) is 0.362. The highest BCUT2D eigenvalue weighted by molar-refractivity contribution is 9.10. The van der Waals surface area contributed by atoms with Crippen LogP contribution in [0.25, 0.3) is 0 Å². The molecule has 0 saturated carbocycles. The fourth-order valence-corrected chi connectivity index (χ4v) is 5.09. The largest absolute Gasteiger partial charge is 0.350 e. The van der Waals surface area contributed by atoms with E-state index in [0.717, 1.165) is 32.1 Å². The lowest BCUT2D eigenvalue weighted by Crippen LogP contribution is -2.33. The van der Waals surface area contributed by atoms with Gasteiger partial charge in [0.25, 0.3) is 5.91 Å². The van der Waals surface area contributed by atoms with Crippen molar-refractivity contribution < 1.29 is 13.2 Å². The average molecular weight is 445 g/mol. The molecule has 0 aromatic heterocycles. The van der Waals surface area contributed by atoms with Crippen LogP contribution in [0.2, 0.25) is 0 Å². The van der Waals surface area contributed by atoms with Gasteiger partial charge in [-0.1, -0.05) is 26.7 Å². The number of sulfonamides is 1. The van der Waals surface area contributed by atoms with Gasteiger partial charge in [-0.15, -0.1) is 0 Å². The van der Waals surface area contributed by atoms with Gasteiger partial charge in [0.05, 0.1) is 10.5 Å². The zero-order chi connectivity index (χ0) is 19.3. The molecule has 5 nitrogen and oxygen atoms in total. The van der Waals surface area contributed by atoms with E-state index >= 15 is 0 Å². The van der Waals surface area contributed by atoms with E-state index in [1.165, 1.54) is 10.4 Å². The highest BCUT2D eigenvalue weighted by atomic mass is 79.9. The minimum absolute atomic E-state index is 0.0481. The van der Waals surface area contributed by atoms with Crippen molar-refractivity contribution in [1.82, 2.24) is 9.62 Å². The predicted molar refractivity (Wildman–Crippen MR) is 108 cm³/mol. The number of carbonyl (C=O) groups is 1. The summed E-state index contributed by atoms with van der Waals surface area (Å²) in [7, 11) is -3.53. The predicted octanol–water partition coefficient (Wildman–Crippen LogP) is 4.18. The summed E-state index contributed by atoms with van der Waals surface area (Å²) in [6, 6.07) is 4.72. The normalized spacial score (nSPS) is 16.8. The maximum Gasteiger partial charge on any atom is 0.252 e. The van der Waals surface area contributed by atoms with Crippen molar-refractivity contribution in [2.75, 3.05) is 13.1 Å². The second kappa shape index (κ2) is 9.33. The molecule has 1 saturated heterocycles. The lowest BCUT2D eigenvalue weighted by molar-refractivity contribution is 0.0936. The Balaban J connectivity index is 2.10. The summed E-state index contributed by atoms with van der Waals surface area (Å²) in [6.07, 6.45) is 4.87. The van der Waals surface area contributed by atoms with Crippen molar-refractivity contribution in [2.24, 2.45) is 5.92 Å². The van der Waals surface area contributed by atoms with Gasteiger partial charge in [0.1, 0.15) is 0 Å². The SMILES string of the molecule is CC(C)CCCC(C)NC(=O)c1cc(S(=O)(=O)N2CCCC2)ccc1Br. The third kappa shape index (κ3) is 5.54. The smallest absolute Gasteiger partial charge is 0.252 e. The van der Waals surface area contributed by atoms with E-state index in [4.69, 9.17) is 0 Å². The molecule has 1 atom stereocenters. The Bertz CT molecular complexity index is 728. The number of hydrogen-bond acceptors (Lipinski definition) is 3. The Morgan fingerprint density at radius 3 is 2.46 bits per heavy atom. The van der Waals surface area contributed by atoms with E-state index in [2.05, 4.69) is 35.1 Å². The molecule has 1 aromatic carbocycles. The first-order chi connectivity index (χ1) is 12.2. The Morgan fingerprint density at radius 2 is 1.85 bits per heavy atom.